The van der Waals surface area contributed by atoms with E-state index in [0.717, 1.165) is 12.3 Å². The topological polar surface area (TPSA) is 108 Å². The minimum atomic E-state index is -1.04. The molecule has 1 N–H and O–H groups in total. The van der Waals surface area contributed by atoms with Gasteiger partial charge in [0.2, 0.25) is 5.95 Å². The van der Waals surface area contributed by atoms with Crippen LogP contribution in [0, 0.1) is 11.8 Å². The van der Waals surface area contributed by atoms with Crippen molar-refractivity contribution in [3.05, 3.63) is 59.8 Å². The van der Waals surface area contributed by atoms with Crippen molar-refractivity contribution in [1.82, 2.24) is 19.7 Å². The van der Waals surface area contributed by atoms with E-state index in [-0.39, 0.29) is 12.0 Å². The maximum atomic E-state index is 13.9. The number of carbonyl (C=O) groups excluding carboxylic acids is 2. The maximum Gasteiger partial charge on any atom is 0.412 e. The van der Waals surface area contributed by atoms with Crippen molar-refractivity contribution < 1.29 is 27.8 Å². The number of nitrogens with zero attached hydrogens (tertiary/aromatic N) is 4. The molecule has 0 spiro atoms. The van der Waals surface area contributed by atoms with Crippen LogP contribution in [0.25, 0.3) is 11.3 Å². The van der Waals surface area contributed by atoms with Gasteiger partial charge < -0.3 is 9.47 Å². The van der Waals surface area contributed by atoms with Gasteiger partial charge in [0, 0.05) is 12.6 Å². The summed E-state index contributed by atoms with van der Waals surface area (Å²) in [5.41, 5.74) is 1.24. The highest BCUT2D eigenvalue weighted by Gasteiger charge is 2.21. The third-order valence-electron chi connectivity index (χ3n) is 4.64. The number of aryl methyl sites for hydroxylation is 1. The fraction of sp³-hybridized carbons (Fsp3) is 0.348. The van der Waals surface area contributed by atoms with Gasteiger partial charge in [0.15, 0.2) is 0 Å². The van der Waals surface area contributed by atoms with Crippen molar-refractivity contribution in [1.29, 1.82) is 0 Å². The first-order valence-corrected chi connectivity index (χ1v) is 10.4. The van der Waals surface area contributed by atoms with Gasteiger partial charge in [0.1, 0.15) is 17.5 Å². The predicted molar refractivity (Wildman–Crippen MR) is 119 cm³/mol. The van der Waals surface area contributed by atoms with Crippen molar-refractivity contribution in [2.45, 2.75) is 45.8 Å². The molecular weight excluding hydrogens is 448 g/mol. The van der Waals surface area contributed by atoms with Gasteiger partial charge in [-0.25, -0.2) is 14.2 Å². The summed E-state index contributed by atoms with van der Waals surface area (Å²) < 4.78 is 39.3. The van der Waals surface area contributed by atoms with E-state index in [0.29, 0.717) is 22.6 Å². The molecule has 0 aliphatic heterocycles. The van der Waals surface area contributed by atoms with Crippen LogP contribution >= 0.6 is 0 Å². The summed E-state index contributed by atoms with van der Waals surface area (Å²) in [5, 5.41) is 6.77. The second kappa shape index (κ2) is 9.94. The lowest BCUT2D eigenvalue weighted by Crippen LogP contribution is -2.27. The Bertz CT molecular complexity index is 1190. The lowest BCUT2D eigenvalue weighted by atomic mass is 10.1. The van der Waals surface area contributed by atoms with Crippen molar-refractivity contribution in [3.8, 4) is 11.3 Å². The normalized spacial score (nSPS) is 12.2. The van der Waals surface area contributed by atoms with Crippen LogP contribution in [0.15, 0.2) is 36.8 Å². The third kappa shape index (κ3) is 6.33. The predicted octanol–water partition coefficient (Wildman–Crippen LogP) is 4.35. The van der Waals surface area contributed by atoms with Gasteiger partial charge in [-0.1, -0.05) is 0 Å². The quantitative estimate of drug-likeness (QED) is 0.419. The zero-order chi connectivity index (χ0) is 25.0. The zero-order valence-electron chi connectivity index (χ0n) is 19.4. The van der Waals surface area contributed by atoms with E-state index in [4.69, 9.17) is 9.47 Å². The monoisotopic (exact) mass is 473 g/mol. The number of carbonyl (C=O) groups is 2. The Morgan fingerprint density at radius 3 is 2.53 bits per heavy atom. The van der Waals surface area contributed by atoms with Crippen molar-refractivity contribution in [3.63, 3.8) is 0 Å². The van der Waals surface area contributed by atoms with Crippen LogP contribution in [0.2, 0.25) is 0 Å². The van der Waals surface area contributed by atoms with E-state index in [1.807, 2.05) is 0 Å². The molecule has 3 aromatic heterocycles. The van der Waals surface area contributed by atoms with Gasteiger partial charge in [0.05, 0.1) is 47.7 Å². The molecule has 0 fully saturated rings. The third-order valence-corrected chi connectivity index (χ3v) is 4.64. The number of amides is 1. The van der Waals surface area contributed by atoms with Crippen LogP contribution in [0.4, 0.5) is 19.3 Å². The molecule has 3 aromatic rings. The minimum absolute atomic E-state index is 0.159. The van der Waals surface area contributed by atoms with Crippen LogP contribution < -0.4 is 5.32 Å². The first-order chi connectivity index (χ1) is 15.9. The van der Waals surface area contributed by atoms with Gasteiger partial charge in [-0.3, -0.25) is 19.8 Å². The second-order valence-corrected chi connectivity index (χ2v) is 8.53. The molecule has 0 saturated heterocycles. The van der Waals surface area contributed by atoms with Crippen LogP contribution in [0.1, 0.15) is 45.1 Å². The highest BCUT2D eigenvalue weighted by Crippen LogP contribution is 2.25. The van der Waals surface area contributed by atoms with Gasteiger partial charge >= 0.3 is 12.1 Å². The van der Waals surface area contributed by atoms with Crippen LogP contribution in [-0.2, 0) is 27.7 Å². The molecule has 0 radical (unpaired) electrons. The van der Waals surface area contributed by atoms with Crippen LogP contribution in [-0.4, -0.2) is 37.4 Å². The van der Waals surface area contributed by atoms with E-state index in [1.54, 1.807) is 46.1 Å². The summed E-state index contributed by atoms with van der Waals surface area (Å²) in [7, 11) is 1.66. The van der Waals surface area contributed by atoms with Gasteiger partial charge in [-0.15, -0.1) is 0 Å². The van der Waals surface area contributed by atoms with Gasteiger partial charge in [-0.2, -0.15) is 9.49 Å². The number of ether oxygens (including phenoxy) is 2. The van der Waals surface area contributed by atoms with Gasteiger partial charge in [-0.05, 0) is 45.9 Å². The Balaban J connectivity index is 1.70. The number of nitrogens with one attached hydrogen (secondary N) is 1. The van der Waals surface area contributed by atoms with E-state index < -0.39 is 35.5 Å². The number of aromatic nitrogens is 4. The molecule has 0 aliphatic carbocycles. The van der Waals surface area contributed by atoms with Gasteiger partial charge in [0.25, 0.3) is 0 Å². The summed E-state index contributed by atoms with van der Waals surface area (Å²) in [5.74, 6) is -2.31. The Morgan fingerprint density at radius 2 is 1.88 bits per heavy atom. The Hall–Kier alpha value is -3.89. The highest BCUT2D eigenvalue weighted by atomic mass is 19.1. The van der Waals surface area contributed by atoms with Crippen LogP contribution in [0.3, 0.4) is 0 Å². The maximum absolute atomic E-state index is 13.9. The molecule has 180 valence electrons. The molecule has 0 saturated carbocycles. The molecule has 1 atom stereocenters. The first-order valence-electron chi connectivity index (χ1n) is 10.4. The molecule has 34 heavy (non-hydrogen) atoms. The number of anilines is 1. The zero-order valence-corrected chi connectivity index (χ0v) is 19.4. The Kier molecular flexibility index (Phi) is 7.23. The molecule has 0 aromatic carbocycles. The van der Waals surface area contributed by atoms with E-state index in [9.17, 15) is 18.4 Å². The van der Waals surface area contributed by atoms with Crippen molar-refractivity contribution in [2.75, 3.05) is 5.32 Å². The average Bonchev–Trinajstić information content (AvgIpc) is 3.09. The number of hydrogen-bond acceptors (Lipinski definition) is 7. The number of halogens is 2. The van der Waals surface area contributed by atoms with Crippen LogP contribution in [0.5, 0.6) is 0 Å². The van der Waals surface area contributed by atoms with Crippen molar-refractivity contribution >= 4 is 17.7 Å². The molecule has 0 bridgehead atoms. The Labute approximate surface area is 195 Å². The first kappa shape index (κ1) is 24.7. The summed E-state index contributed by atoms with van der Waals surface area (Å²) in [6, 6.07) is 4.24. The summed E-state index contributed by atoms with van der Waals surface area (Å²) in [6.07, 6.45) is 1.92. The standard InChI is InChI=1S/C23H25F2N5O4/c1-13(16-8-14(24)10-27-21(16)25)33-20(31)9-19-17(12-28-30(19)5)18-7-6-15(11-26-18)29-22(32)34-23(2,3)4/h6-8,10-13H,9H2,1-5H3,(H,29,32)/t13-/m1/s1. The fourth-order valence-corrected chi connectivity index (χ4v) is 3.10. The summed E-state index contributed by atoms with van der Waals surface area (Å²) in [4.78, 5) is 32.1. The fourth-order valence-electron chi connectivity index (χ4n) is 3.10. The Morgan fingerprint density at radius 1 is 1.15 bits per heavy atom. The molecule has 0 aliphatic rings. The highest BCUT2D eigenvalue weighted by molar-refractivity contribution is 5.85. The number of pyridine rings is 2. The van der Waals surface area contributed by atoms with Crippen molar-refractivity contribution in [2.24, 2.45) is 7.05 Å². The smallest absolute Gasteiger partial charge is 0.412 e. The molecule has 11 heteroatoms. The summed E-state index contributed by atoms with van der Waals surface area (Å²) in [6.45, 7) is 6.71. The lowest BCUT2D eigenvalue weighted by molar-refractivity contribution is -0.148. The molecule has 9 nitrogen and oxygen atoms in total. The van der Waals surface area contributed by atoms with E-state index >= 15 is 0 Å². The number of esters is 1. The van der Waals surface area contributed by atoms with E-state index in [2.05, 4.69) is 20.4 Å². The SMILES string of the molecule is C[C@@H](OC(=O)Cc1c(-c2ccc(NC(=O)OC(C)(C)C)cn2)cnn1C)c1cc(F)cnc1F. The minimum Gasteiger partial charge on any atom is -0.457 e. The number of rotatable bonds is 6. The molecular formula is C23H25F2N5O4. The average molecular weight is 473 g/mol. The molecule has 3 rings (SSSR count). The van der Waals surface area contributed by atoms with E-state index in [1.165, 1.54) is 17.8 Å². The number of hydrogen-bond donors (Lipinski definition) is 1. The molecule has 1 amide bonds. The molecule has 3 heterocycles. The summed E-state index contributed by atoms with van der Waals surface area (Å²) >= 11 is 0. The lowest BCUT2D eigenvalue weighted by Gasteiger charge is -2.19. The second-order valence-electron chi connectivity index (χ2n) is 8.53. The molecule has 0 unspecified atom stereocenters. The largest absolute Gasteiger partial charge is 0.457 e.